The van der Waals surface area contributed by atoms with Crippen molar-refractivity contribution in [1.29, 1.82) is 0 Å². The molecule has 0 spiro atoms. The van der Waals surface area contributed by atoms with Gasteiger partial charge in [0.2, 0.25) is 13.4 Å². The maximum Gasteiger partial charge on any atom is 0.247 e. The zero-order chi connectivity index (χ0) is 65.3. The summed E-state index contributed by atoms with van der Waals surface area (Å²) in [6.07, 6.45) is 0. The number of fused-ring (bicyclic) bond motifs is 11. The van der Waals surface area contributed by atoms with E-state index in [0.717, 1.165) is 11.4 Å². The predicted octanol–water partition coefficient (Wildman–Crippen LogP) is 19.4. The second-order valence-corrected chi connectivity index (χ2v) is 31.8. The molecule has 4 heterocycles. The molecule has 2 aliphatic heterocycles. The van der Waals surface area contributed by atoms with Crippen LogP contribution in [0.25, 0.3) is 77.2 Å². The first-order valence-electron chi connectivity index (χ1n) is 33.9. The molecule has 13 aromatic rings. The van der Waals surface area contributed by atoms with E-state index in [4.69, 9.17) is 0 Å². The molecule has 2 aromatic heterocycles. The van der Waals surface area contributed by atoms with Crippen molar-refractivity contribution in [2.45, 2.75) is 146 Å². The van der Waals surface area contributed by atoms with Crippen LogP contribution in [0, 0.1) is 41.5 Å². The standard InChI is InChI=1S/C88H87B2N3/c1-52-41-54(3)80(55(4)42-52)89-72-48-64(87(13,14)15)35-39-78(72)93-79-40-36-65(88(16,17)18)49-73(79)90(81-56(5)43-53(2)44-57(81)6)75-51-67(50-74(89)84(75)93)92-77-26-22-20-24-69(77)71-38-37-70-68-23-19-21-25-76(68)91(82(70)83(71)92)66-46-60(58-27-31-62(32-28-58)85(7,8)9)45-61(47-66)59-29-33-63(34-30-59)86(10,11)12/h19-51H,1-18H3. The van der Waals surface area contributed by atoms with Gasteiger partial charge in [0.05, 0.1) is 22.1 Å². The van der Waals surface area contributed by atoms with E-state index in [-0.39, 0.29) is 35.1 Å². The second-order valence-electron chi connectivity index (χ2n) is 31.8. The zero-order valence-corrected chi connectivity index (χ0v) is 58.0. The van der Waals surface area contributed by atoms with Crippen molar-refractivity contribution in [1.82, 2.24) is 9.13 Å². The van der Waals surface area contributed by atoms with Crippen molar-refractivity contribution in [3.63, 3.8) is 0 Å². The highest BCUT2D eigenvalue weighted by atomic mass is 15.2. The molecule has 0 saturated heterocycles. The average Bonchev–Trinajstić information content (AvgIpc) is 1.57. The van der Waals surface area contributed by atoms with Gasteiger partial charge < -0.3 is 14.0 Å². The zero-order valence-electron chi connectivity index (χ0n) is 58.0. The summed E-state index contributed by atoms with van der Waals surface area (Å²) in [7, 11) is 0. The summed E-state index contributed by atoms with van der Waals surface area (Å²) in [6, 6.07) is 79.1. The van der Waals surface area contributed by atoms with Crippen LogP contribution in [0.3, 0.4) is 0 Å². The summed E-state index contributed by atoms with van der Waals surface area (Å²) in [5, 5.41) is 4.91. The van der Waals surface area contributed by atoms with Gasteiger partial charge in [0.15, 0.2) is 0 Å². The van der Waals surface area contributed by atoms with Crippen LogP contribution in [0.15, 0.2) is 200 Å². The molecule has 0 amide bonds. The molecule has 3 nitrogen and oxygen atoms in total. The Morgan fingerprint density at radius 3 is 1.00 bits per heavy atom. The van der Waals surface area contributed by atoms with Gasteiger partial charge in [0.25, 0.3) is 0 Å². The Labute approximate surface area is 553 Å². The second kappa shape index (κ2) is 21.2. The van der Waals surface area contributed by atoms with Gasteiger partial charge in [-0.05, 0) is 184 Å². The first kappa shape index (κ1) is 60.2. The number of hydrogen-bond donors (Lipinski definition) is 0. The highest BCUT2D eigenvalue weighted by Gasteiger charge is 2.46. The molecule has 15 rings (SSSR count). The van der Waals surface area contributed by atoms with Gasteiger partial charge in [-0.15, -0.1) is 0 Å². The lowest BCUT2D eigenvalue weighted by molar-refractivity contribution is 0.590. The maximum atomic E-state index is 2.70. The quantitative estimate of drug-likeness (QED) is 0.151. The van der Waals surface area contributed by atoms with Crippen molar-refractivity contribution in [2.75, 3.05) is 4.90 Å². The Bertz CT molecular complexity index is 4980. The van der Waals surface area contributed by atoms with Gasteiger partial charge >= 0.3 is 0 Å². The van der Waals surface area contributed by atoms with Crippen LogP contribution < -0.4 is 37.7 Å². The normalized spacial score (nSPS) is 13.4. The molecular weight excluding hydrogens is 1120 g/mol. The minimum absolute atomic E-state index is 0.0296. The molecule has 0 bridgehead atoms. The summed E-state index contributed by atoms with van der Waals surface area (Å²) in [5.74, 6) is 0. The summed E-state index contributed by atoms with van der Waals surface area (Å²) < 4.78 is 5.30. The molecule has 0 atom stereocenters. The number of aromatic nitrogens is 2. The molecule has 0 radical (unpaired) electrons. The largest absolute Gasteiger partial charge is 0.313 e. The van der Waals surface area contributed by atoms with E-state index in [2.05, 4.69) is 339 Å². The molecular formula is C88H87B2N3. The number of para-hydroxylation sites is 2. The van der Waals surface area contributed by atoms with Gasteiger partial charge in [-0.1, -0.05) is 273 Å². The van der Waals surface area contributed by atoms with Gasteiger partial charge in [0, 0.05) is 50.0 Å². The van der Waals surface area contributed by atoms with Gasteiger partial charge in [-0.25, -0.2) is 0 Å². The molecule has 11 aromatic carbocycles. The van der Waals surface area contributed by atoms with Crippen LogP contribution in [0.4, 0.5) is 17.1 Å². The lowest BCUT2D eigenvalue weighted by atomic mass is 9.29. The van der Waals surface area contributed by atoms with Crippen LogP contribution in [-0.2, 0) is 21.7 Å². The van der Waals surface area contributed by atoms with E-state index in [1.165, 1.54) is 171 Å². The van der Waals surface area contributed by atoms with Gasteiger partial charge in [0.1, 0.15) is 0 Å². The Morgan fingerprint density at radius 2 is 0.634 bits per heavy atom. The first-order valence-corrected chi connectivity index (χ1v) is 33.9. The number of benzene rings is 11. The van der Waals surface area contributed by atoms with Crippen molar-refractivity contribution in [3.05, 3.63) is 256 Å². The summed E-state index contributed by atoms with van der Waals surface area (Å²) in [5.41, 5.74) is 36.9. The average molecular weight is 1210 g/mol. The SMILES string of the molecule is Cc1cc(C)c(B2c3cc(C(C)(C)C)ccc3N3c4ccc(C(C)(C)C)cc4B(c4c(C)cc(C)cc4C)c4cc(-n5c6ccccc6c6ccc7c8ccccc8n(-c8cc(-c9ccc(C(C)(C)C)cc9)cc(-c9ccc(C(C)(C)C)cc9)c8)c7c65)cc2c43)c(C)c1. The fourth-order valence-corrected chi connectivity index (χ4v) is 16.5. The van der Waals surface area contributed by atoms with E-state index in [1.54, 1.807) is 0 Å². The topological polar surface area (TPSA) is 13.1 Å². The molecule has 0 fully saturated rings. The van der Waals surface area contributed by atoms with E-state index in [0.29, 0.717) is 0 Å². The maximum absolute atomic E-state index is 2.70. The van der Waals surface area contributed by atoms with Gasteiger partial charge in [-0.3, -0.25) is 0 Å². The van der Waals surface area contributed by atoms with Crippen LogP contribution in [0.2, 0.25) is 0 Å². The summed E-state index contributed by atoms with van der Waals surface area (Å²) in [6.45, 7) is 41.8. The molecule has 0 saturated carbocycles. The van der Waals surface area contributed by atoms with Crippen molar-refractivity contribution in [2.24, 2.45) is 0 Å². The number of aryl methyl sites for hydroxylation is 6. The third-order valence-electron chi connectivity index (χ3n) is 21.0. The predicted molar refractivity (Wildman–Crippen MR) is 406 cm³/mol. The Hall–Kier alpha value is -9.05. The van der Waals surface area contributed by atoms with Crippen molar-refractivity contribution >= 4 is 107 Å². The minimum atomic E-state index is -0.0852. The smallest absolute Gasteiger partial charge is 0.247 e. The van der Waals surface area contributed by atoms with Crippen LogP contribution >= 0.6 is 0 Å². The lowest BCUT2D eigenvalue weighted by Crippen LogP contribution is -2.66. The van der Waals surface area contributed by atoms with E-state index >= 15 is 0 Å². The van der Waals surface area contributed by atoms with Crippen LogP contribution in [0.5, 0.6) is 0 Å². The molecule has 5 heteroatoms. The van der Waals surface area contributed by atoms with E-state index in [9.17, 15) is 0 Å². The Morgan fingerprint density at radius 1 is 0.290 bits per heavy atom. The Balaban J connectivity index is 1.11. The number of anilines is 3. The third-order valence-corrected chi connectivity index (χ3v) is 21.0. The fraction of sp³-hybridized carbons (Fsp3) is 0.250. The van der Waals surface area contributed by atoms with Crippen molar-refractivity contribution in [3.8, 4) is 33.6 Å². The monoisotopic (exact) mass is 1210 g/mol. The molecule has 2 aliphatic rings. The van der Waals surface area contributed by atoms with Crippen LogP contribution in [-0.4, -0.2) is 22.6 Å². The fourth-order valence-electron chi connectivity index (χ4n) is 16.5. The molecule has 460 valence electrons. The molecule has 0 N–H and O–H groups in total. The number of rotatable bonds is 6. The lowest BCUT2D eigenvalue weighted by Gasteiger charge is -2.45. The molecule has 0 unspecified atom stereocenters. The Kier molecular flexibility index (Phi) is 13.8. The molecule has 0 aliphatic carbocycles. The van der Waals surface area contributed by atoms with E-state index < -0.39 is 0 Å². The summed E-state index contributed by atoms with van der Waals surface area (Å²) in [4.78, 5) is 2.70. The van der Waals surface area contributed by atoms with Crippen molar-refractivity contribution < 1.29 is 0 Å². The third kappa shape index (κ3) is 9.76. The number of hydrogen-bond acceptors (Lipinski definition) is 1. The van der Waals surface area contributed by atoms with Gasteiger partial charge in [-0.2, -0.15) is 0 Å². The highest BCUT2D eigenvalue weighted by Crippen LogP contribution is 2.46. The highest BCUT2D eigenvalue weighted by molar-refractivity contribution is 7.02. The minimum Gasteiger partial charge on any atom is -0.313 e. The van der Waals surface area contributed by atoms with E-state index in [1.807, 2.05) is 0 Å². The summed E-state index contributed by atoms with van der Waals surface area (Å²) >= 11 is 0. The first-order chi connectivity index (χ1) is 44.1. The molecule has 93 heavy (non-hydrogen) atoms. The number of nitrogens with zero attached hydrogens (tertiary/aromatic N) is 3. The van der Waals surface area contributed by atoms with Crippen LogP contribution in [0.1, 0.15) is 139 Å².